The zero-order valence-corrected chi connectivity index (χ0v) is 13.8. The summed E-state index contributed by atoms with van der Waals surface area (Å²) in [5.74, 6) is -0.701. The number of halogens is 3. The molecule has 0 radical (unpaired) electrons. The molecule has 0 spiro atoms. The van der Waals surface area contributed by atoms with Gasteiger partial charge in [-0.25, -0.2) is 9.59 Å². The van der Waals surface area contributed by atoms with Gasteiger partial charge in [0.2, 0.25) is 0 Å². The lowest BCUT2D eigenvalue weighted by atomic mass is 10.1. The molecular formula is C18H17F3N2O3. The number of nitrogens with one attached hydrogen (secondary N) is 2. The van der Waals surface area contributed by atoms with Gasteiger partial charge in [0.25, 0.3) is 0 Å². The Bertz CT molecular complexity index is 764. The van der Waals surface area contributed by atoms with Crippen LogP contribution in [0, 0.1) is 0 Å². The van der Waals surface area contributed by atoms with Crippen molar-refractivity contribution in [3.05, 3.63) is 65.7 Å². The maximum atomic E-state index is 13.0. The van der Waals surface area contributed by atoms with Crippen LogP contribution in [-0.4, -0.2) is 25.2 Å². The lowest BCUT2D eigenvalue weighted by Gasteiger charge is -2.18. The van der Waals surface area contributed by atoms with Crippen LogP contribution in [-0.2, 0) is 22.1 Å². The van der Waals surface area contributed by atoms with Gasteiger partial charge in [0.1, 0.15) is 6.04 Å². The van der Waals surface area contributed by atoms with Gasteiger partial charge < -0.3 is 15.4 Å². The number of ether oxygens (including phenoxy) is 1. The summed E-state index contributed by atoms with van der Waals surface area (Å²) in [6.07, 6.45) is -4.47. The van der Waals surface area contributed by atoms with E-state index in [0.29, 0.717) is 0 Å². The summed E-state index contributed by atoms with van der Waals surface area (Å²) < 4.78 is 43.6. The van der Waals surface area contributed by atoms with Crippen LogP contribution in [0.1, 0.15) is 11.1 Å². The number of methoxy groups -OCH3 is 1. The van der Waals surface area contributed by atoms with E-state index < -0.39 is 35.5 Å². The maximum Gasteiger partial charge on any atom is 0.418 e. The second-order valence-electron chi connectivity index (χ2n) is 5.41. The van der Waals surface area contributed by atoms with E-state index in [1.807, 2.05) is 0 Å². The standard InChI is InChI=1S/C18H17F3N2O3/c1-26-16(24)15(11-12-7-3-2-4-8-12)23-17(25)22-14-10-6-5-9-13(14)18(19,20)21/h2-10,15H,11H2,1H3,(H2,22,23,25)/t15-/m0/s1. The van der Waals surface area contributed by atoms with Crippen molar-refractivity contribution in [2.24, 2.45) is 0 Å². The molecule has 138 valence electrons. The third kappa shape index (κ3) is 5.23. The first-order valence-corrected chi connectivity index (χ1v) is 7.66. The first kappa shape index (κ1) is 19.3. The predicted molar refractivity (Wildman–Crippen MR) is 89.5 cm³/mol. The number of esters is 1. The van der Waals surface area contributed by atoms with Gasteiger partial charge in [-0.1, -0.05) is 42.5 Å². The molecule has 5 nitrogen and oxygen atoms in total. The van der Waals surface area contributed by atoms with E-state index in [-0.39, 0.29) is 6.42 Å². The predicted octanol–water partition coefficient (Wildman–Crippen LogP) is 3.61. The Labute approximate surface area is 148 Å². The van der Waals surface area contributed by atoms with Crippen LogP contribution in [0.15, 0.2) is 54.6 Å². The number of hydrogen-bond acceptors (Lipinski definition) is 3. The van der Waals surface area contributed by atoms with Crippen molar-refractivity contribution in [3.8, 4) is 0 Å². The van der Waals surface area contributed by atoms with Gasteiger partial charge in [0, 0.05) is 6.42 Å². The van der Waals surface area contributed by atoms with Crippen molar-refractivity contribution in [2.75, 3.05) is 12.4 Å². The molecule has 0 saturated heterocycles. The summed E-state index contributed by atoms with van der Waals surface area (Å²) >= 11 is 0. The van der Waals surface area contributed by atoms with Crippen molar-refractivity contribution >= 4 is 17.7 Å². The Morgan fingerprint density at radius 3 is 2.27 bits per heavy atom. The SMILES string of the molecule is COC(=O)[C@H](Cc1ccccc1)NC(=O)Nc1ccccc1C(F)(F)F. The molecule has 8 heteroatoms. The van der Waals surface area contributed by atoms with Gasteiger partial charge in [0.15, 0.2) is 0 Å². The summed E-state index contributed by atoms with van der Waals surface area (Å²) in [6, 6.07) is 11.4. The Morgan fingerprint density at radius 1 is 1.04 bits per heavy atom. The molecule has 0 fully saturated rings. The highest BCUT2D eigenvalue weighted by molar-refractivity contribution is 5.93. The van der Waals surface area contributed by atoms with Crippen LogP contribution >= 0.6 is 0 Å². The number of alkyl halides is 3. The summed E-state index contributed by atoms with van der Waals surface area (Å²) in [7, 11) is 1.17. The average Bonchev–Trinajstić information content (AvgIpc) is 2.61. The first-order valence-electron chi connectivity index (χ1n) is 7.66. The second kappa shape index (κ2) is 8.37. The molecule has 1 atom stereocenters. The molecule has 0 unspecified atom stereocenters. The smallest absolute Gasteiger partial charge is 0.418 e. The van der Waals surface area contributed by atoms with Gasteiger partial charge in [0.05, 0.1) is 18.4 Å². The Balaban J connectivity index is 2.12. The molecule has 2 rings (SSSR count). The lowest BCUT2D eigenvalue weighted by molar-refractivity contribution is -0.142. The summed E-state index contributed by atoms with van der Waals surface area (Å²) in [6.45, 7) is 0. The lowest BCUT2D eigenvalue weighted by Crippen LogP contribution is -2.45. The number of carbonyl (C=O) groups excluding carboxylic acids is 2. The van der Waals surface area contributed by atoms with Crippen molar-refractivity contribution in [3.63, 3.8) is 0 Å². The van der Waals surface area contributed by atoms with Crippen LogP contribution in [0.4, 0.5) is 23.7 Å². The van der Waals surface area contributed by atoms with Crippen LogP contribution < -0.4 is 10.6 Å². The van der Waals surface area contributed by atoms with Gasteiger partial charge in [-0.3, -0.25) is 0 Å². The highest BCUT2D eigenvalue weighted by atomic mass is 19.4. The van der Waals surface area contributed by atoms with Crippen LogP contribution in [0.25, 0.3) is 0 Å². The van der Waals surface area contributed by atoms with Crippen LogP contribution in [0.5, 0.6) is 0 Å². The third-order valence-corrected chi connectivity index (χ3v) is 3.55. The number of rotatable bonds is 5. The van der Waals surface area contributed by atoms with E-state index in [1.165, 1.54) is 19.2 Å². The maximum absolute atomic E-state index is 13.0. The fourth-order valence-electron chi connectivity index (χ4n) is 2.34. The minimum Gasteiger partial charge on any atom is -0.467 e. The molecule has 0 aliphatic rings. The molecule has 2 N–H and O–H groups in total. The van der Waals surface area contributed by atoms with Crippen LogP contribution in [0.3, 0.4) is 0 Å². The molecule has 2 aromatic rings. The van der Waals surface area contributed by atoms with E-state index in [4.69, 9.17) is 0 Å². The molecule has 0 aliphatic carbocycles. The zero-order valence-electron chi connectivity index (χ0n) is 13.8. The van der Waals surface area contributed by atoms with E-state index >= 15 is 0 Å². The number of hydrogen-bond donors (Lipinski definition) is 2. The number of amides is 2. The van der Waals surface area contributed by atoms with E-state index in [2.05, 4.69) is 15.4 Å². The number of para-hydroxylation sites is 1. The average molecular weight is 366 g/mol. The second-order valence-corrected chi connectivity index (χ2v) is 5.41. The molecule has 0 bridgehead atoms. The van der Waals surface area contributed by atoms with Gasteiger partial charge in [-0.05, 0) is 17.7 Å². The van der Waals surface area contributed by atoms with Gasteiger partial charge >= 0.3 is 18.2 Å². The Hall–Kier alpha value is -3.03. The van der Waals surface area contributed by atoms with Crippen LogP contribution in [0.2, 0.25) is 0 Å². The van der Waals surface area contributed by atoms with Crippen molar-refractivity contribution in [2.45, 2.75) is 18.6 Å². The fourth-order valence-corrected chi connectivity index (χ4v) is 2.34. The molecule has 2 amide bonds. The van der Waals surface area contributed by atoms with Gasteiger partial charge in [-0.2, -0.15) is 13.2 Å². The molecular weight excluding hydrogens is 349 g/mol. The largest absolute Gasteiger partial charge is 0.467 e. The number of urea groups is 1. The quantitative estimate of drug-likeness (QED) is 0.795. The number of carbonyl (C=O) groups is 2. The Kier molecular flexibility index (Phi) is 6.21. The summed E-state index contributed by atoms with van der Waals surface area (Å²) in [4.78, 5) is 24.0. The molecule has 0 heterocycles. The minimum atomic E-state index is -4.62. The van der Waals surface area contributed by atoms with E-state index in [0.717, 1.165) is 17.7 Å². The molecule has 26 heavy (non-hydrogen) atoms. The van der Waals surface area contributed by atoms with E-state index in [1.54, 1.807) is 30.3 Å². The van der Waals surface area contributed by atoms with Crippen molar-refractivity contribution < 1.29 is 27.5 Å². The first-order chi connectivity index (χ1) is 12.3. The third-order valence-electron chi connectivity index (χ3n) is 3.55. The highest BCUT2D eigenvalue weighted by Gasteiger charge is 2.33. The monoisotopic (exact) mass is 366 g/mol. The minimum absolute atomic E-state index is 0.141. The fraction of sp³-hybridized carbons (Fsp3) is 0.222. The topological polar surface area (TPSA) is 67.4 Å². The molecule has 0 saturated carbocycles. The molecule has 0 aliphatic heterocycles. The normalized spacial score (nSPS) is 12.2. The number of anilines is 1. The molecule has 2 aromatic carbocycles. The molecule has 0 aromatic heterocycles. The zero-order chi connectivity index (χ0) is 19.2. The number of benzene rings is 2. The summed E-state index contributed by atoms with van der Waals surface area (Å²) in [5, 5.41) is 4.49. The summed E-state index contributed by atoms with van der Waals surface area (Å²) in [5.41, 5.74) is -0.618. The Morgan fingerprint density at radius 2 is 1.65 bits per heavy atom. The van der Waals surface area contributed by atoms with E-state index in [9.17, 15) is 22.8 Å². The van der Waals surface area contributed by atoms with Crippen molar-refractivity contribution in [1.29, 1.82) is 0 Å². The van der Waals surface area contributed by atoms with Crippen molar-refractivity contribution in [1.82, 2.24) is 5.32 Å². The van der Waals surface area contributed by atoms with Gasteiger partial charge in [-0.15, -0.1) is 0 Å². The highest BCUT2D eigenvalue weighted by Crippen LogP contribution is 2.34.